The zero-order valence-corrected chi connectivity index (χ0v) is 12.2. The lowest BCUT2D eigenvalue weighted by atomic mass is 10.1. The molecule has 0 saturated carbocycles. The van der Waals surface area contributed by atoms with E-state index in [1.807, 2.05) is 25.1 Å². The second kappa shape index (κ2) is 5.44. The van der Waals surface area contributed by atoms with Gasteiger partial charge in [0, 0.05) is 13.0 Å². The second-order valence-electron chi connectivity index (χ2n) is 5.45. The number of hydrogen-bond acceptors (Lipinski definition) is 2. The molecule has 3 aromatic rings. The molecule has 0 aliphatic heterocycles. The molecule has 3 nitrogen and oxygen atoms in total. The van der Waals surface area contributed by atoms with E-state index in [0.29, 0.717) is 0 Å². The van der Waals surface area contributed by atoms with Gasteiger partial charge >= 0.3 is 0 Å². The van der Waals surface area contributed by atoms with Crippen molar-refractivity contribution in [2.45, 2.75) is 19.9 Å². The number of fused-ring (bicyclic) bond motifs is 1. The Kier molecular flexibility index (Phi) is 3.48. The van der Waals surface area contributed by atoms with Crippen molar-refractivity contribution < 1.29 is 0 Å². The molecular weight excluding hydrogens is 258 g/mol. The molecule has 0 aliphatic carbocycles. The molecule has 0 bridgehead atoms. The standard InChI is InChI=1S/C18H19N3/c1-13(2)12-21-16-10-6-9-15(19)18(16)20-17(21)11-14-7-4-3-5-8-14/h3-10H,1,11-12,19H2,2H3. The van der Waals surface area contributed by atoms with Gasteiger partial charge in [0.25, 0.3) is 0 Å². The van der Waals surface area contributed by atoms with E-state index in [0.717, 1.165) is 41.1 Å². The van der Waals surface area contributed by atoms with Crippen molar-refractivity contribution >= 4 is 16.7 Å². The lowest BCUT2D eigenvalue weighted by Crippen LogP contribution is -2.05. The summed E-state index contributed by atoms with van der Waals surface area (Å²) < 4.78 is 2.21. The van der Waals surface area contributed by atoms with E-state index >= 15 is 0 Å². The van der Waals surface area contributed by atoms with Crippen LogP contribution in [0.15, 0.2) is 60.7 Å². The largest absolute Gasteiger partial charge is 0.397 e. The minimum absolute atomic E-state index is 0.724. The summed E-state index contributed by atoms with van der Waals surface area (Å²) in [5.41, 5.74) is 11.1. The van der Waals surface area contributed by atoms with E-state index in [4.69, 9.17) is 10.7 Å². The number of rotatable bonds is 4. The van der Waals surface area contributed by atoms with Gasteiger partial charge in [0.05, 0.1) is 11.2 Å². The fourth-order valence-corrected chi connectivity index (χ4v) is 2.58. The summed E-state index contributed by atoms with van der Waals surface area (Å²) in [7, 11) is 0. The predicted octanol–water partition coefficient (Wildman–Crippen LogP) is 3.79. The number of imidazole rings is 1. The van der Waals surface area contributed by atoms with Crippen LogP contribution in [0, 0.1) is 0 Å². The van der Waals surface area contributed by atoms with E-state index < -0.39 is 0 Å². The Balaban J connectivity index is 2.12. The molecule has 106 valence electrons. The Hall–Kier alpha value is -2.55. The molecule has 0 fully saturated rings. The summed E-state index contributed by atoms with van der Waals surface area (Å²) in [6.07, 6.45) is 0.794. The molecule has 3 heteroatoms. The molecule has 0 spiro atoms. The van der Waals surface area contributed by atoms with Crippen LogP contribution >= 0.6 is 0 Å². The molecule has 0 saturated heterocycles. The highest BCUT2D eigenvalue weighted by Crippen LogP contribution is 2.24. The smallest absolute Gasteiger partial charge is 0.114 e. The number of nitrogen functional groups attached to an aromatic ring is 1. The molecule has 0 atom stereocenters. The van der Waals surface area contributed by atoms with Gasteiger partial charge in [0.2, 0.25) is 0 Å². The highest BCUT2D eigenvalue weighted by atomic mass is 15.1. The van der Waals surface area contributed by atoms with Crippen molar-refractivity contribution in [1.29, 1.82) is 0 Å². The summed E-state index contributed by atoms with van der Waals surface area (Å²) in [6, 6.07) is 16.3. The number of aromatic nitrogens is 2. The van der Waals surface area contributed by atoms with Gasteiger partial charge < -0.3 is 10.3 Å². The second-order valence-corrected chi connectivity index (χ2v) is 5.45. The molecule has 3 rings (SSSR count). The third kappa shape index (κ3) is 2.68. The van der Waals surface area contributed by atoms with Crippen molar-refractivity contribution in [2.75, 3.05) is 5.73 Å². The molecule has 0 unspecified atom stereocenters. The Labute approximate surface area is 124 Å². The number of nitrogens with zero attached hydrogens (tertiary/aromatic N) is 2. The van der Waals surface area contributed by atoms with Crippen molar-refractivity contribution in [2.24, 2.45) is 0 Å². The maximum Gasteiger partial charge on any atom is 0.114 e. The third-order valence-electron chi connectivity index (χ3n) is 3.52. The van der Waals surface area contributed by atoms with E-state index in [9.17, 15) is 0 Å². The van der Waals surface area contributed by atoms with Gasteiger partial charge in [-0.3, -0.25) is 0 Å². The van der Waals surface area contributed by atoms with E-state index in [2.05, 4.69) is 41.5 Å². The monoisotopic (exact) mass is 277 g/mol. The molecule has 1 heterocycles. The van der Waals surface area contributed by atoms with Crippen molar-refractivity contribution in [3.8, 4) is 0 Å². The number of anilines is 1. The summed E-state index contributed by atoms with van der Waals surface area (Å²) in [5, 5.41) is 0. The summed E-state index contributed by atoms with van der Waals surface area (Å²) in [6.45, 7) is 6.83. The quantitative estimate of drug-likeness (QED) is 0.582. The average Bonchev–Trinajstić information content (AvgIpc) is 2.79. The van der Waals surface area contributed by atoms with Crippen molar-refractivity contribution in [3.05, 3.63) is 72.1 Å². The van der Waals surface area contributed by atoms with Crippen LogP contribution in [0.1, 0.15) is 18.3 Å². The Morgan fingerprint density at radius 2 is 1.90 bits per heavy atom. The molecular formula is C18H19N3. The number of benzene rings is 2. The summed E-state index contributed by atoms with van der Waals surface area (Å²) >= 11 is 0. The fourth-order valence-electron chi connectivity index (χ4n) is 2.58. The zero-order valence-electron chi connectivity index (χ0n) is 12.2. The highest BCUT2D eigenvalue weighted by molar-refractivity contribution is 5.87. The summed E-state index contributed by atoms with van der Waals surface area (Å²) in [4.78, 5) is 4.76. The van der Waals surface area contributed by atoms with Crippen LogP contribution in [-0.2, 0) is 13.0 Å². The highest BCUT2D eigenvalue weighted by Gasteiger charge is 2.12. The molecule has 21 heavy (non-hydrogen) atoms. The lowest BCUT2D eigenvalue weighted by Gasteiger charge is -2.09. The van der Waals surface area contributed by atoms with Crippen LogP contribution in [0.5, 0.6) is 0 Å². The fraction of sp³-hybridized carbons (Fsp3) is 0.167. The zero-order chi connectivity index (χ0) is 14.8. The number of nitrogens with two attached hydrogens (primary N) is 1. The van der Waals surface area contributed by atoms with Crippen molar-refractivity contribution in [3.63, 3.8) is 0 Å². The first-order valence-electron chi connectivity index (χ1n) is 7.07. The minimum Gasteiger partial charge on any atom is -0.397 e. The first-order chi connectivity index (χ1) is 10.1. The molecule has 2 aromatic carbocycles. The molecule has 0 amide bonds. The van der Waals surface area contributed by atoms with Crippen LogP contribution in [-0.4, -0.2) is 9.55 Å². The number of para-hydroxylation sites is 1. The van der Waals surface area contributed by atoms with Gasteiger partial charge in [-0.1, -0.05) is 48.6 Å². The molecule has 1 aromatic heterocycles. The Morgan fingerprint density at radius 1 is 1.14 bits per heavy atom. The van der Waals surface area contributed by atoms with Gasteiger partial charge in [0.15, 0.2) is 0 Å². The lowest BCUT2D eigenvalue weighted by molar-refractivity contribution is 0.753. The predicted molar refractivity (Wildman–Crippen MR) is 88.2 cm³/mol. The molecule has 0 aliphatic rings. The third-order valence-corrected chi connectivity index (χ3v) is 3.52. The number of allylic oxidation sites excluding steroid dienone is 1. The summed E-state index contributed by atoms with van der Waals surface area (Å²) in [5.74, 6) is 1.03. The van der Waals surface area contributed by atoms with Gasteiger partial charge in [0.1, 0.15) is 11.3 Å². The van der Waals surface area contributed by atoms with Crippen LogP contribution < -0.4 is 5.73 Å². The maximum absolute atomic E-state index is 6.06. The molecule has 2 N–H and O–H groups in total. The Morgan fingerprint density at radius 3 is 2.62 bits per heavy atom. The van der Waals surface area contributed by atoms with Gasteiger partial charge in [-0.15, -0.1) is 0 Å². The van der Waals surface area contributed by atoms with E-state index in [1.54, 1.807) is 0 Å². The van der Waals surface area contributed by atoms with Crippen molar-refractivity contribution in [1.82, 2.24) is 9.55 Å². The van der Waals surface area contributed by atoms with E-state index in [1.165, 1.54) is 5.56 Å². The SMILES string of the molecule is C=C(C)Cn1c(Cc2ccccc2)nc2c(N)cccc21. The number of hydrogen-bond donors (Lipinski definition) is 1. The molecule has 0 radical (unpaired) electrons. The first-order valence-corrected chi connectivity index (χ1v) is 7.07. The van der Waals surface area contributed by atoms with Crippen LogP contribution in [0.3, 0.4) is 0 Å². The normalized spacial score (nSPS) is 10.9. The Bertz CT molecular complexity index is 785. The maximum atomic E-state index is 6.06. The van der Waals surface area contributed by atoms with Gasteiger partial charge in [-0.25, -0.2) is 4.98 Å². The average molecular weight is 277 g/mol. The van der Waals surface area contributed by atoms with Crippen LogP contribution in [0.2, 0.25) is 0 Å². The topological polar surface area (TPSA) is 43.8 Å². The van der Waals surface area contributed by atoms with Crippen LogP contribution in [0.25, 0.3) is 11.0 Å². The van der Waals surface area contributed by atoms with Gasteiger partial charge in [-0.2, -0.15) is 0 Å². The van der Waals surface area contributed by atoms with Crippen LogP contribution in [0.4, 0.5) is 5.69 Å². The van der Waals surface area contributed by atoms with E-state index in [-0.39, 0.29) is 0 Å². The first kappa shape index (κ1) is 13.4. The minimum atomic E-state index is 0.724. The van der Waals surface area contributed by atoms with Gasteiger partial charge in [-0.05, 0) is 24.6 Å².